The summed E-state index contributed by atoms with van der Waals surface area (Å²) in [6.45, 7) is 8.37. The lowest BCUT2D eigenvalue weighted by atomic mass is 10.1. The smallest absolute Gasteiger partial charge is 0.132 e. The summed E-state index contributed by atoms with van der Waals surface area (Å²) in [6, 6.07) is 8.48. The SMILES string of the molecule is Cc1cccc(Cc2ncc(CNCC(C)C)cn2)c1. The zero-order chi connectivity index (χ0) is 14.4. The Balaban J connectivity index is 1.91. The van der Waals surface area contributed by atoms with Gasteiger partial charge in [0.05, 0.1) is 0 Å². The predicted molar refractivity (Wildman–Crippen MR) is 82.6 cm³/mol. The lowest BCUT2D eigenvalue weighted by molar-refractivity contribution is 0.551. The van der Waals surface area contributed by atoms with Gasteiger partial charge in [-0.05, 0) is 24.9 Å². The number of nitrogens with zero attached hydrogens (tertiary/aromatic N) is 2. The molecule has 0 atom stereocenters. The maximum Gasteiger partial charge on any atom is 0.132 e. The summed E-state index contributed by atoms with van der Waals surface area (Å²) in [5.74, 6) is 1.54. The van der Waals surface area contributed by atoms with Crippen molar-refractivity contribution in [1.82, 2.24) is 15.3 Å². The fourth-order valence-electron chi connectivity index (χ4n) is 2.07. The summed E-state index contributed by atoms with van der Waals surface area (Å²) in [7, 11) is 0. The number of nitrogens with one attached hydrogen (secondary N) is 1. The molecule has 1 heterocycles. The van der Waals surface area contributed by atoms with Gasteiger partial charge in [-0.2, -0.15) is 0 Å². The summed E-state index contributed by atoms with van der Waals surface area (Å²) in [4.78, 5) is 8.90. The van der Waals surface area contributed by atoms with Crippen molar-refractivity contribution < 1.29 is 0 Å². The quantitative estimate of drug-likeness (QED) is 0.875. The topological polar surface area (TPSA) is 37.8 Å². The Hall–Kier alpha value is -1.74. The first-order valence-corrected chi connectivity index (χ1v) is 7.19. The van der Waals surface area contributed by atoms with E-state index in [1.54, 1.807) is 0 Å². The van der Waals surface area contributed by atoms with Crippen LogP contribution in [0.5, 0.6) is 0 Å². The van der Waals surface area contributed by atoms with E-state index < -0.39 is 0 Å². The molecule has 0 fully saturated rings. The average molecular weight is 269 g/mol. The van der Waals surface area contributed by atoms with E-state index in [-0.39, 0.29) is 0 Å². The molecule has 0 unspecified atom stereocenters. The molecule has 0 saturated heterocycles. The van der Waals surface area contributed by atoms with E-state index in [0.717, 1.165) is 30.9 Å². The minimum absolute atomic E-state index is 0.663. The molecule has 0 spiro atoms. The lowest BCUT2D eigenvalue weighted by Gasteiger charge is -2.07. The molecule has 1 aromatic carbocycles. The van der Waals surface area contributed by atoms with Crippen LogP contribution in [0.1, 0.15) is 36.4 Å². The van der Waals surface area contributed by atoms with E-state index in [0.29, 0.717) is 5.92 Å². The van der Waals surface area contributed by atoms with E-state index in [1.165, 1.54) is 11.1 Å². The third-order valence-electron chi connectivity index (χ3n) is 3.09. The molecule has 20 heavy (non-hydrogen) atoms. The van der Waals surface area contributed by atoms with Crippen molar-refractivity contribution in [2.75, 3.05) is 6.54 Å². The van der Waals surface area contributed by atoms with Crippen LogP contribution in [-0.4, -0.2) is 16.5 Å². The van der Waals surface area contributed by atoms with Crippen LogP contribution in [0.15, 0.2) is 36.7 Å². The summed E-state index contributed by atoms with van der Waals surface area (Å²) >= 11 is 0. The number of aromatic nitrogens is 2. The Bertz CT molecular complexity index is 532. The highest BCUT2D eigenvalue weighted by Gasteiger charge is 2.01. The summed E-state index contributed by atoms with van der Waals surface area (Å²) in [5, 5.41) is 3.40. The van der Waals surface area contributed by atoms with Crippen LogP contribution in [0.3, 0.4) is 0 Å². The molecule has 0 bridgehead atoms. The monoisotopic (exact) mass is 269 g/mol. The van der Waals surface area contributed by atoms with Gasteiger partial charge in [0.25, 0.3) is 0 Å². The zero-order valence-corrected chi connectivity index (χ0v) is 12.6. The van der Waals surface area contributed by atoms with Crippen LogP contribution in [-0.2, 0) is 13.0 Å². The Labute approximate surface area is 121 Å². The van der Waals surface area contributed by atoms with Crippen LogP contribution in [0.2, 0.25) is 0 Å². The average Bonchev–Trinajstić information content (AvgIpc) is 2.40. The second-order valence-electron chi connectivity index (χ2n) is 5.70. The first kappa shape index (κ1) is 14.7. The van der Waals surface area contributed by atoms with Gasteiger partial charge in [0, 0.05) is 30.9 Å². The van der Waals surface area contributed by atoms with Gasteiger partial charge in [0.15, 0.2) is 0 Å². The second kappa shape index (κ2) is 7.15. The highest BCUT2D eigenvalue weighted by Crippen LogP contribution is 2.08. The largest absolute Gasteiger partial charge is 0.312 e. The first-order chi connectivity index (χ1) is 9.63. The molecular weight excluding hydrogens is 246 g/mol. The van der Waals surface area contributed by atoms with Crippen LogP contribution in [0, 0.1) is 12.8 Å². The van der Waals surface area contributed by atoms with Crippen LogP contribution >= 0.6 is 0 Å². The Morgan fingerprint density at radius 3 is 2.50 bits per heavy atom. The highest BCUT2D eigenvalue weighted by molar-refractivity contribution is 5.24. The number of hydrogen-bond acceptors (Lipinski definition) is 3. The molecule has 106 valence electrons. The second-order valence-corrected chi connectivity index (χ2v) is 5.70. The number of aryl methyl sites for hydroxylation is 1. The first-order valence-electron chi connectivity index (χ1n) is 7.19. The van der Waals surface area contributed by atoms with E-state index in [1.807, 2.05) is 12.4 Å². The molecule has 1 N–H and O–H groups in total. The van der Waals surface area contributed by atoms with Gasteiger partial charge >= 0.3 is 0 Å². The Morgan fingerprint density at radius 1 is 1.10 bits per heavy atom. The normalized spacial score (nSPS) is 11.0. The fourth-order valence-corrected chi connectivity index (χ4v) is 2.07. The Morgan fingerprint density at radius 2 is 1.85 bits per heavy atom. The summed E-state index contributed by atoms with van der Waals surface area (Å²) < 4.78 is 0. The molecule has 0 aliphatic rings. The number of benzene rings is 1. The maximum atomic E-state index is 4.45. The minimum Gasteiger partial charge on any atom is -0.312 e. The minimum atomic E-state index is 0.663. The maximum absolute atomic E-state index is 4.45. The predicted octanol–water partition coefficient (Wildman–Crippen LogP) is 3.12. The molecule has 0 radical (unpaired) electrons. The van der Waals surface area contributed by atoms with Gasteiger partial charge < -0.3 is 5.32 Å². The third-order valence-corrected chi connectivity index (χ3v) is 3.09. The summed E-state index contributed by atoms with van der Waals surface area (Å²) in [6.07, 6.45) is 4.64. The molecule has 2 aromatic rings. The molecular formula is C17H23N3. The van der Waals surface area contributed by atoms with E-state index in [4.69, 9.17) is 0 Å². The fraction of sp³-hybridized carbons (Fsp3) is 0.412. The van der Waals surface area contributed by atoms with Gasteiger partial charge in [0.2, 0.25) is 0 Å². The van der Waals surface area contributed by atoms with E-state index in [9.17, 15) is 0 Å². The molecule has 0 amide bonds. The van der Waals surface area contributed by atoms with Crippen LogP contribution in [0.4, 0.5) is 0 Å². The van der Waals surface area contributed by atoms with Crippen LogP contribution < -0.4 is 5.32 Å². The Kier molecular flexibility index (Phi) is 5.24. The van der Waals surface area contributed by atoms with Crippen molar-refractivity contribution in [2.45, 2.75) is 33.7 Å². The van der Waals surface area contributed by atoms with Gasteiger partial charge in [-0.1, -0.05) is 43.7 Å². The van der Waals surface area contributed by atoms with E-state index >= 15 is 0 Å². The number of rotatable bonds is 6. The van der Waals surface area contributed by atoms with Crippen molar-refractivity contribution in [3.05, 3.63) is 59.2 Å². The van der Waals surface area contributed by atoms with Crippen molar-refractivity contribution in [1.29, 1.82) is 0 Å². The molecule has 1 aromatic heterocycles. The van der Waals surface area contributed by atoms with Gasteiger partial charge in [-0.15, -0.1) is 0 Å². The molecule has 0 aliphatic carbocycles. The van der Waals surface area contributed by atoms with Crippen LogP contribution in [0.25, 0.3) is 0 Å². The van der Waals surface area contributed by atoms with Crippen molar-refractivity contribution in [3.8, 4) is 0 Å². The van der Waals surface area contributed by atoms with E-state index in [2.05, 4.69) is 60.3 Å². The molecule has 3 nitrogen and oxygen atoms in total. The lowest BCUT2D eigenvalue weighted by Crippen LogP contribution is -2.19. The number of hydrogen-bond donors (Lipinski definition) is 1. The van der Waals surface area contributed by atoms with Crippen molar-refractivity contribution >= 4 is 0 Å². The van der Waals surface area contributed by atoms with Gasteiger partial charge in [-0.3, -0.25) is 0 Å². The third kappa shape index (κ3) is 4.74. The molecule has 3 heteroatoms. The van der Waals surface area contributed by atoms with Gasteiger partial charge in [-0.25, -0.2) is 9.97 Å². The molecule has 0 aliphatic heterocycles. The van der Waals surface area contributed by atoms with Crippen molar-refractivity contribution in [2.24, 2.45) is 5.92 Å². The van der Waals surface area contributed by atoms with Gasteiger partial charge in [0.1, 0.15) is 5.82 Å². The summed E-state index contributed by atoms with van der Waals surface area (Å²) in [5.41, 5.74) is 3.67. The standard InChI is InChI=1S/C17H23N3/c1-13(2)9-18-10-16-11-19-17(20-12-16)8-15-6-4-5-14(3)7-15/h4-7,11-13,18H,8-10H2,1-3H3. The van der Waals surface area contributed by atoms with Crippen molar-refractivity contribution in [3.63, 3.8) is 0 Å². The highest BCUT2D eigenvalue weighted by atomic mass is 14.9. The zero-order valence-electron chi connectivity index (χ0n) is 12.6. The molecule has 0 saturated carbocycles. The molecule has 2 rings (SSSR count).